The number of hydrogen-bond donors (Lipinski definition) is 1. The highest BCUT2D eigenvalue weighted by atomic mass is 35.5. The Labute approximate surface area is 107 Å². The molecule has 0 saturated carbocycles. The lowest BCUT2D eigenvalue weighted by Gasteiger charge is -2.13. The zero-order valence-electron chi connectivity index (χ0n) is 9.48. The normalized spacial score (nSPS) is 11.8. The minimum Gasteiger partial charge on any atom is -0.316 e. The maximum Gasteiger partial charge on any atom is 0.0595 e. The van der Waals surface area contributed by atoms with Gasteiger partial charge in [0, 0.05) is 12.5 Å². The Morgan fingerprint density at radius 2 is 2.06 bits per heavy atom. The lowest BCUT2D eigenvalue weighted by atomic mass is 10.0. The van der Waals surface area contributed by atoms with Crippen LogP contribution in [0, 0.1) is 11.8 Å². The fourth-order valence-electron chi connectivity index (χ4n) is 1.45. The number of hydrogen-bond acceptors (Lipinski definition) is 1. The number of halogens is 2. The van der Waals surface area contributed by atoms with Crippen LogP contribution in [0.3, 0.4) is 0 Å². The van der Waals surface area contributed by atoms with Crippen molar-refractivity contribution in [2.45, 2.75) is 25.8 Å². The molecule has 0 fully saturated rings. The third-order valence-corrected chi connectivity index (χ3v) is 3.14. The first-order valence-electron chi connectivity index (χ1n) is 5.18. The predicted molar refractivity (Wildman–Crippen MR) is 71.1 cm³/mol. The molecule has 0 aromatic heterocycles. The molecule has 1 N–H and O–H groups in total. The van der Waals surface area contributed by atoms with Crippen molar-refractivity contribution in [3.8, 4) is 11.8 Å². The molecule has 0 aliphatic heterocycles. The van der Waals surface area contributed by atoms with Crippen molar-refractivity contribution in [3.63, 3.8) is 0 Å². The molecule has 0 aliphatic rings. The van der Waals surface area contributed by atoms with E-state index < -0.39 is 0 Å². The Balaban J connectivity index is 2.69. The van der Waals surface area contributed by atoms with Crippen LogP contribution in [-0.2, 0) is 6.42 Å². The third-order valence-electron chi connectivity index (χ3n) is 2.40. The molecule has 86 valence electrons. The first kappa shape index (κ1) is 13.4. The van der Waals surface area contributed by atoms with Gasteiger partial charge in [-0.2, -0.15) is 0 Å². The van der Waals surface area contributed by atoms with Gasteiger partial charge in [0.1, 0.15) is 0 Å². The lowest BCUT2D eigenvalue weighted by Crippen LogP contribution is -2.26. The van der Waals surface area contributed by atoms with E-state index in [2.05, 4.69) is 17.2 Å². The Morgan fingerprint density at radius 1 is 1.31 bits per heavy atom. The fourth-order valence-corrected chi connectivity index (χ4v) is 1.77. The van der Waals surface area contributed by atoms with Crippen molar-refractivity contribution < 1.29 is 0 Å². The summed E-state index contributed by atoms with van der Waals surface area (Å²) >= 11 is 11.8. The van der Waals surface area contributed by atoms with Gasteiger partial charge in [0.25, 0.3) is 0 Å². The molecule has 1 rings (SSSR count). The summed E-state index contributed by atoms with van der Waals surface area (Å²) in [7, 11) is 1.94. The molecule has 0 saturated heterocycles. The molecule has 16 heavy (non-hydrogen) atoms. The standard InChI is InChI=1S/C13H15Cl2N/c1-3-4-5-11(16-2)8-10-6-7-12(14)13(15)9-10/h6-7,9,11,16H,5,8H2,1-2H3. The summed E-state index contributed by atoms with van der Waals surface area (Å²) in [6, 6.07) is 6.09. The molecule has 0 aliphatic carbocycles. The molecular weight excluding hydrogens is 241 g/mol. The zero-order valence-corrected chi connectivity index (χ0v) is 11.0. The van der Waals surface area contributed by atoms with Crippen molar-refractivity contribution in [1.82, 2.24) is 5.32 Å². The van der Waals surface area contributed by atoms with Gasteiger partial charge in [0.15, 0.2) is 0 Å². The van der Waals surface area contributed by atoms with Gasteiger partial charge in [-0.1, -0.05) is 29.3 Å². The van der Waals surface area contributed by atoms with Gasteiger partial charge in [0.05, 0.1) is 10.0 Å². The minimum atomic E-state index is 0.352. The highest BCUT2D eigenvalue weighted by Crippen LogP contribution is 2.23. The number of likely N-dealkylation sites (N-methyl/N-ethyl adjacent to an activating group) is 1. The number of nitrogens with one attached hydrogen (secondary N) is 1. The highest BCUT2D eigenvalue weighted by molar-refractivity contribution is 6.42. The van der Waals surface area contributed by atoms with E-state index in [9.17, 15) is 0 Å². The van der Waals surface area contributed by atoms with E-state index in [0.29, 0.717) is 16.1 Å². The number of benzene rings is 1. The summed E-state index contributed by atoms with van der Waals surface area (Å²) in [4.78, 5) is 0. The maximum atomic E-state index is 5.96. The first-order chi connectivity index (χ1) is 7.67. The molecule has 0 heterocycles. The second-order valence-corrected chi connectivity index (χ2v) is 4.38. The molecule has 1 nitrogen and oxygen atoms in total. The Bertz CT molecular complexity index is 404. The second kappa shape index (κ2) is 6.81. The second-order valence-electron chi connectivity index (χ2n) is 3.57. The summed E-state index contributed by atoms with van der Waals surface area (Å²) in [6.07, 6.45) is 1.75. The van der Waals surface area contributed by atoms with E-state index in [1.807, 2.05) is 32.2 Å². The molecule has 1 aromatic rings. The highest BCUT2D eigenvalue weighted by Gasteiger charge is 2.07. The smallest absolute Gasteiger partial charge is 0.0595 e. The molecular formula is C13H15Cl2N. The van der Waals surface area contributed by atoms with Crippen molar-refractivity contribution in [1.29, 1.82) is 0 Å². The molecule has 1 atom stereocenters. The van der Waals surface area contributed by atoms with E-state index in [1.54, 1.807) is 0 Å². The topological polar surface area (TPSA) is 12.0 Å². The Morgan fingerprint density at radius 3 is 2.62 bits per heavy atom. The van der Waals surface area contributed by atoms with Crippen LogP contribution in [0.2, 0.25) is 10.0 Å². The first-order valence-corrected chi connectivity index (χ1v) is 5.93. The average molecular weight is 256 g/mol. The fraction of sp³-hybridized carbons (Fsp3) is 0.385. The molecule has 0 bridgehead atoms. The van der Waals surface area contributed by atoms with Gasteiger partial charge < -0.3 is 5.32 Å². The van der Waals surface area contributed by atoms with Gasteiger partial charge in [0.2, 0.25) is 0 Å². The maximum absolute atomic E-state index is 5.96. The third kappa shape index (κ3) is 4.06. The molecule has 1 unspecified atom stereocenters. The summed E-state index contributed by atoms with van der Waals surface area (Å²) in [5.41, 5.74) is 1.17. The van der Waals surface area contributed by atoms with Crippen LogP contribution in [0.4, 0.5) is 0 Å². The van der Waals surface area contributed by atoms with Crippen LogP contribution in [-0.4, -0.2) is 13.1 Å². The van der Waals surface area contributed by atoms with Crippen LogP contribution >= 0.6 is 23.2 Å². The quantitative estimate of drug-likeness (QED) is 0.812. The monoisotopic (exact) mass is 255 g/mol. The lowest BCUT2D eigenvalue weighted by molar-refractivity contribution is 0.573. The van der Waals surface area contributed by atoms with Crippen LogP contribution in [0.15, 0.2) is 18.2 Å². The summed E-state index contributed by atoms with van der Waals surface area (Å²) in [5, 5.41) is 4.44. The van der Waals surface area contributed by atoms with E-state index in [0.717, 1.165) is 12.8 Å². The predicted octanol–water partition coefficient (Wildman–Crippen LogP) is 3.54. The summed E-state index contributed by atoms with van der Waals surface area (Å²) < 4.78 is 0. The summed E-state index contributed by atoms with van der Waals surface area (Å²) in [5.74, 6) is 5.98. The average Bonchev–Trinajstić information content (AvgIpc) is 2.29. The van der Waals surface area contributed by atoms with Crippen LogP contribution in [0.5, 0.6) is 0 Å². The van der Waals surface area contributed by atoms with E-state index in [4.69, 9.17) is 23.2 Å². The van der Waals surface area contributed by atoms with Gasteiger partial charge in [-0.15, -0.1) is 11.8 Å². The van der Waals surface area contributed by atoms with Crippen LogP contribution in [0.25, 0.3) is 0 Å². The molecule has 0 spiro atoms. The molecule has 3 heteroatoms. The zero-order chi connectivity index (χ0) is 12.0. The Hall–Kier alpha value is -0.680. The van der Waals surface area contributed by atoms with Crippen LogP contribution < -0.4 is 5.32 Å². The van der Waals surface area contributed by atoms with E-state index >= 15 is 0 Å². The molecule has 1 aromatic carbocycles. The molecule has 0 amide bonds. The largest absolute Gasteiger partial charge is 0.316 e. The van der Waals surface area contributed by atoms with Crippen molar-refractivity contribution in [2.24, 2.45) is 0 Å². The SMILES string of the molecule is CC#CCC(Cc1ccc(Cl)c(Cl)c1)NC. The molecule has 0 radical (unpaired) electrons. The van der Waals surface area contributed by atoms with Crippen molar-refractivity contribution >= 4 is 23.2 Å². The minimum absolute atomic E-state index is 0.352. The van der Waals surface area contributed by atoms with Gasteiger partial charge in [-0.3, -0.25) is 0 Å². The van der Waals surface area contributed by atoms with Gasteiger partial charge in [-0.25, -0.2) is 0 Å². The Kier molecular flexibility index (Phi) is 5.69. The van der Waals surface area contributed by atoms with Gasteiger partial charge in [-0.05, 0) is 38.1 Å². The van der Waals surface area contributed by atoms with Crippen molar-refractivity contribution in [3.05, 3.63) is 33.8 Å². The summed E-state index contributed by atoms with van der Waals surface area (Å²) in [6.45, 7) is 1.85. The van der Waals surface area contributed by atoms with E-state index in [1.165, 1.54) is 5.56 Å². The van der Waals surface area contributed by atoms with Crippen LogP contribution in [0.1, 0.15) is 18.9 Å². The van der Waals surface area contributed by atoms with Crippen molar-refractivity contribution in [2.75, 3.05) is 7.05 Å². The van der Waals surface area contributed by atoms with Gasteiger partial charge >= 0.3 is 0 Å². The van der Waals surface area contributed by atoms with E-state index in [-0.39, 0.29) is 0 Å². The number of rotatable bonds is 4.